The van der Waals surface area contributed by atoms with E-state index in [1.54, 1.807) is 0 Å². The zero-order chi connectivity index (χ0) is 26.2. The van der Waals surface area contributed by atoms with Gasteiger partial charge in [0, 0.05) is 36.8 Å². The molecular weight excluding hydrogens is 472 g/mol. The van der Waals surface area contributed by atoms with Gasteiger partial charge in [-0.1, -0.05) is 12.5 Å². The van der Waals surface area contributed by atoms with Crippen LogP contribution in [0.5, 0.6) is 0 Å². The number of hydrogen-bond acceptors (Lipinski definition) is 6. The lowest BCUT2D eigenvalue weighted by atomic mass is 9.92. The zero-order valence-corrected chi connectivity index (χ0v) is 23.2. The number of rotatable bonds is 4. The number of hydrogen-bond donors (Lipinski definition) is 0. The second-order valence-corrected chi connectivity index (χ2v) is 11.5. The van der Waals surface area contributed by atoms with Crippen molar-refractivity contribution in [1.29, 1.82) is 0 Å². The molecule has 1 aromatic carbocycles. The smallest absolute Gasteiger partial charge is 0.128 e. The lowest BCUT2D eigenvalue weighted by Crippen LogP contribution is -2.42. The number of fused-ring (bicyclic) bond motifs is 3. The van der Waals surface area contributed by atoms with Gasteiger partial charge in [-0.25, -0.2) is 9.97 Å². The van der Waals surface area contributed by atoms with Crippen LogP contribution in [0.15, 0.2) is 48.9 Å². The van der Waals surface area contributed by atoms with E-state index in [0.29, 0.717) is 18.1 Å². The fourth-order valence-corrected chi connectivity index (χ4v) is 6.43. The van der Waals surface area contributed by atoms with Crippen LogP contribution >= 0.6 is 0 Å². The summed E-state index contributed by atoms with van der Waals surface area (Å²) in [5.41, 5.74) is 5.41. The summed E-state index contributed by atoms with van der Waals surface area (Å²) < 4.78 is 8.53. The van der Waals surface area contributed by atoms with Crippen molar-refractivity contribution < 1.29 is 4.74 Å². The van der Waals surface area contributed by atoms with Gasteiger partial charge in [-0.3, -0.25) is 9.38 Å². The van der Waals surface area contributed by atoms with Gasteiger partial charge in [0.05, 0.1) is 41.2 Å². The van der Waals surface area contributed by atoms with Crippen LogP contribution in [0.3, 0.4) is 0 Å². The van der Waals surface area contributed by atoms with Crippen molar-refractivity contribution in [3.05, 3.63) is 54.7 Å². The Morgan fingerprint density at radius 2 is 1.63 bits per heavy atom. The molecular formula is C31H40N6O. The minimum Gasteiger partial charge on any atom is -0.376 e. The first-order chi connectivity index (χ1) is 18.5. The molecule has 0 saturated carbocycles. The molecule has 0 radical (unpaired) electrons. The molecule has 3 aromatic heterocycles. The molecule has 2 aliphatic rings. The van der Waals surface area contributed by atoms with Crippen molar-refractivity contribution in [1.82, 2.24) is 24.3 Å². The number of aromatic nitrogens is 4. The minimum atomic E-state index is 0.226. The van der Waals surface area contributed by atoms with Crippen LogP contribution in [0.1, 0.15) is 64.1 Å². The largest absolute Gasteiger partial charge is 0.376 e. The molecule has 3 atom stereocenters. The number of nitrogens with zero attached hydrogens (tertiary/aromatic N) is 6. The second kappa shape index (κ2) is 10.6. The third-order valence-corrected chi connectivity index (χ3v) is 8.58. The fraction of sp³-hybridized carbons (Fsp3) is 0.516. The average molecular weight is 513 g/mol. The highest BCUT2D eigenvalue weighted by atomic mass is 16.5. The standard InChI is InChI=1S/C31H40N6O/c1-21-6-5-7-24(16-22(2)38-21)31-34-20-27-19-32-28-10-8-23(17-29(28)37(27)31)25-9-11-30(33-18-25)36-14-12-26(13-15-36)35(3)4/h8-11,17-22,24,26H,5-7,12-16H2,1-4H3/t21-,22+,24?/m1/s1. The molecule has 2 saturated heterocycles. The maximum absolute atomic E-state index is 6.20. The van der Waals surface area contributed by atoms with E-state index in [-0.39, 0.29) is 6.10 Å². The average Bonchev–Trinajstić information content (AvgIpc) is 3.36. The van der Waals surface area contributed by atoms with Gasteiger partial charge in [-0.2, -0.15) is 0 Å². The van der Waals surface area contributed by atoms with Crippen LogP contribution in [0.25, 0.3) is 27.7 Å². The summed E-state index contributed by atoms with van der Waals surface area (Å²) in [4.78, 5) is 19.3. The molecule has 2 fully saturated rings. The van der Waals surface area contributed by atoms with E-state index >= 15 is 0 Å². The van der Waals surface area contributed by atoms with Crippen molar-refractivity contribution in [3.63, 3.8) is 0 Å². The summed E-state index contributed by atoms with van der Waals surface area (Å²) >= 11 is 0. The van der Waals surface area contributed by atoms with Gasteiger partial charge in [-0.15, -0.1) is 0 Å². The van der Waals surface area contributed by atoms with Crippen LogP contribution in [-0.4, -0.2) is 69.7 Å². The molecule has 0 N–H and O–H groups in total. The predicted octanol–water partition coefficient (Wildman–Crippen LogP) is 5.93. The van der Waals surface area contributed by atoms with E-state index in [9.17, 15) is 0 Å². The predicted molar refractivity (Wildman–Crippen MR) is 154 cm³/mol. The van der Waals surface area contributed by atoms with E-state index in [1.807, 2.05) is 18.6 Å². The first-order valence-electron chi connectivity index (χ1n) is 14.3. The quantitative estimate of drug-likeness (QED) is 0.338. The summed E-state index contributed by atoms with van der Waals surface area (Å²) in [5, 5.41) is 0. The number of piperidine rings is 1. The van der Waals surface area contributed by atoms with E-state index in [2.05, 4.69) is 72.5 Å². The molecule has 0 bridgehead atoms. The topological polar surface area (TPSA) is 58.8 Å². The van der Waals surface area contributed by atoms with Gasteiger partial charge in [0.1, 0.15) is 11.6 Å². The maximum atomic E-state index is 6.20. The maximum Gasteiger partial charge on any atom is 0.128 e. The lowest BCUT2D eigenvalue weighted by molar-refractivity contribution is -0.0139. The lowest BCUT2D eigenvalue weighted by Gasteiger charge is -2.35. The van der Waals surface area contributed by atoms with Gasteiger partial charge in [-0.05, 0) is 89.9 Å². The number of benzene rings is 1. The number of anilines is 1. The van der Waals surface area contributed by atoms with Crippen LogP contribution in [0.4, 0.5) is 5.82 Å². The van der Waals surface area contributed by atoms with Crippen molar-refractivity contribution in [2.24, 2.45) is 0 Å². The molecule has 5 heterocycles. The molecule has 2 aliphatic heterocycles. The van der Waals surface area contributed by atoms with E-state index < -0.39 is 0 Å². The fourth-order valence-electron chi connectivity index (χ4n) is 6.43. The van der Waals surface area contributed by atoms with Crippen molar-refractivity contribution >= 4 is 22.4 Å². The van der Waals surface area contributed by atoms with Gasteiger partial charge in [0.15, 0.2) is 0 Å². The van der Waals surface area contributed by atoms with Gasteiger partial charge in [0.2, 0.25) is 0 Å². The monoisotopic (exact) mass is 512 g/mol. The molecule has 200 valence electrons. The minimum absolute atomic E-state index is 0.226. The number of imidazole rings is 1. The van der Waals surface area contributed by atoms with Gasteiger partial charge < -0.3 is 14.5 Å². The third-order valence-electron chi connectivity index (χ3n) is 8.58. The second-order valence-electron chi connectivity index (χ2n) is 11.5. The number of ether oxygens (including phenoxy) is 1. The Kier molecular flexibility index (Phi) is 7.06. The molecule has 4 aromatic rings. The Labute approximate surface area is 225 Å². The third kappa shape index (κ3) is 5.02. The van der Waals surface area contributed by atoms with Crippen molar-refractivity contribution in [3.8, 4) is 11.1 Å². The molecule has 38 heavy (non-hydrogen) atoms. The Balaban J connectivity index is 1.30. The summed E-state index contributed by atoms with van der Waals surface area (Å²) in [6.45, 7) is 6.50. The Morgan fingerprint density at radius 3 is 2.39 bits per heavy atom. The normalized spacial score (nSPS) is 23.7. The summed E-state index contributed by atoms with van der Waals surface area (Å²) in [6, 6.07) is 11.6. The van der Waals surface area contributed by atoms with Gasteiger partial charge >= 0.3 is 0 Å². The molecule has 0 amide bonds. The van der Waals surface area contributed by atoms with Crippen LogP contribution in [0.2, 0.25) is 0 Å². The van der Waals surface area contributed by atoms with Gasteiger partial charge in [0.25, 0.3) is 0 Å². The highest BCUT2D eigenvalue weighted by Gasteiger charge is 2.25. The molecule has 1 unspecified atom stereocenters. The highest BCUT2D eigenvalue weighted by molar-refractivity contribution is 5.84. The van der Waals surface area contributed by atoms with Crippen molar-refractivity contribution in [2.75, 3.05) is 32.1 Å². The first-order valence-corrected chi connectivity index (χ1v) is 14.3. The number of pyridine rings is 1. The van der Waals surface area contributed by atoms with E-state index in [0.717, 1.165) is 78.1 Å². The zero-order valence-electron chi connectivity index (χ0n) is 23.2. The molecule has 7 heteroatoms. The van der Waals surface area contributed by atoms with Crippen LogP contribution < -0.4 is 4.90 Å². The van der Waals surface area contributed by atoms with E-state index in [4.69, 9.17) is 19.7 Å². The Hall–Kier alpha value is -3.03. The molecule has 7 nitrogen and oxygen atoms in total. The summed E-state index contributed by atoms with van der Waals surface area (Å²) in [6.07, 6.45) is 13.2. The summed E-state index contributed by atoms with van der Waals surface area (Å²) in [7, 11) is 4.36. The Morgan fingerprint density at radius 1 is 0.842 bits per heavy atom. The SMILES string of the molecule is C[C@@H]1CCCC(c2ncc3cnc4ccc(-c5ccc(N6CCC(N(C)C)CC6)nc5)cc4n23)C[C@H](C)O1. The molecule has 6 rings (SSSR count). The van der Waals surface area contributed by atoms with Crippen LogP contribution in [-0.2, 0) is 4.74 Å². The Bertz CT molecular complexity index is 1390. The van der Waals surface area contributed by atoms with E-state index in [1.165, 1.54) is 12.8 Å². The van der Waals surface area contributed by atoms with Crippen molar-refractivity contribution in [2.45, 2.75) is 76.5 Å². The molecule has 0 aliphatic carbocycles. The highest BCUT2D eigenvalue weighted by Crippen LogP contribution is 2.33. The molecule has 0 spiro atoms. The summed E-state index contributed by atoms with van der Waals surface area (Å²) in [5.74, 6) is 2.57. The first kappa shape index (κ1) is 25.3. The van der Waals surface area contributed by atoms with Crippen LogP contribution in [0, 0.1) is 0 Å².